The van der Waals surface area contributed by atoms with Gasteiger partial charge in [0.15, 0.2) is 11.6 Å². The Morgan fingerprint density at radius 3 is 2.79 bits per heavy atom. The first-order chi connectivity index (χ1) is 13.3. The predicted octanol–water partition coefficient (Wildman–Crippen LogP) is 3.35. The van der Waals surface area contributed by atoms with E-state index in [-0.39, 0.29) is 0 Å². The highest BCUT2D eigenvalue weighted by molar-refractivity contribution is 7.97. The average molecular weight is 395 g/mol. The van der Waals surface area contributed by atoms with Gasteiger partial charge in [0.25, 0.3) is 0 Å². The first kappa shape index (κ1) is 19.8. The SMILES string of the molecule is CSn1cc(-c2cnc(N)c(OCc3cccc(C#CC(C)(C)O)c3)c2)cn1. The van der Waals surface area contributed by atoms with Gasteiger partial charge in [-0.1, -0.05) is 24.0 Å². The molecule has 0 aliphatic carbocycles. The number of hydrogen-bond donors (Lipinski definition) is 2. The van der Waals surface area contributed by atoms with Crippen LogP contribution in [0.25, 0.3) is 11.1 Å². The van der Waals surface area contributed by atoms with E-state index in [0.717, 1.165) is 22.3 Å². The fourth-order valence-corrected chi connectivity index (χ4v) is 2.77. The van der Waals surface area contributed by atoms with Gasteiger partial charge in [-0.05, 0) is 49.6 Å². The van der Waals surface area contributed by atoms with Crippen LogP contribution < -0.4 is 10.5 Å². The molecular weight excluding hydrogens is 372 g/mol. The Labute approximate surface area is 168 Å². The Bertz CT molecular complexity index is 1030. The summed E-state index contributed by atoms with van der Waals surface area (Å²) in [6.45, 7) is 3.63. The molecule has 1 aromatic carbocycles. The molecule has 3 N–H and O–H groups in total. The summed E-state index contributed by atoms with van der Waals surface area (Å²) in [6, 6.07) is 9.53. The highest BCUT2D eigenvalue weighted by Crippen LogP contribution is 2.28. The fourth-order valence-electron chi connectivity index (χ4n) is 2.41. The first-order valence-corrected chi connectivity index (χ1v) is 9.84. The summed E-state index contributed by atoms with van der Waals surface area (Å²) in [6.07, 6.45) is 7.36. The van der Waals surface area contributed by atoms with Crippen molar-refractivity contribution in [1.29, 1.82) is 0 Å². The highest BCUT2D eigenvalue weighted by Gasteiger charge is 2.09. The van der Waals surface area contributed by atoms with Crippen LogP contribution in [0, 0.1) is 11.8 Å². The van der Waals surface area contributed by atoms with E-state index < -0.39 is 5.60 Å². The van der Waals surface area contributed by atoms with E-state index in [2.05, 4.69) is 21.9 Å². The fraction of sp³-hybridized carbons (Fsp3) is 0.238. The van der Waals surface area contributed by atoms with Crippen molar-refractivity contribution >= 4 is 17.8 Å². The quantitative estimate of drug-likeness (QED) is 0.646. The zero-order valence-electron chi connectivity index (χ0n) is 16.0. The molecule has 6 nitrogen and oxygen atoms in total. The molecule has 144 valence electrons. The standard InChI is InChI=1S/C21H22N4O2S/c1-21(2,26)8-7-15-5-4-6-16(9-15)14-27-19-10-17(11-23-20(19)22)18-12-24-25(13-18)28-3/h4-6,9-13,26H,14H2,1-3H3,(H2,22,23). The van der Waals surface area contributed by atoms with E-state index in [9.17, 15) is 5.11 Å². The van der Waals surface area contributed by atoms with Gasteiger partial charge in [0.05, 0.1) is 6.20 Å². The number of nitrogens with two attached hydrogens (primary N) is 1. The maximum atomic E-state index is 9.74. The molecule has 0 aliphatic rings. The summed E-state index contributed by atoms with van der Waals surface area (Å²) in [7, 11) is 0. The van der Waals surface area contributed by atoms with Gasteiger partial charge >= 0.3 is 0 Å². The number of ether oxygens (including phenoxy) is 1. The summed E-state index contributed by atoms with van der Waals surface area (Å²) in [4.78, 5) is 4.24. The lowest BCUT2D eigenvalue weighted by molar-refractivity contribution is 0.143. The van der Waals surface area contributed by atoms with Gasteiger partial charge in [0.1, 0.15) is 12.2 Å². The lowest BCUT2D eigenvalue weighted by Gasteiger charge is -2.10. The normalized spacial score (nSPS) is 11.0. The van der Waals surface area contributed by atoms with Crippen molar-refractivity contribution in [2.24, 2.45) is 0 Å². The third kappa shape index (κ3) is 5.28. The molecule has 0 atom stereocenters. The van der Waals surface area contributed by atoms with Crippen LogP contribution in [0.4, 0.5) is 5.82 Å². The Balaban J connectivity index is 1.75. The second-order valence-corrected chi connectivity index (χ2v) is 7.46. The van der Waals surface area contributed by atoms with Crippen LogP contribution in [-0.4, -0.2) is 31.1 Å². The van der Waals surface area contributed by atoms with Crippen molar-refractivity contribution in [1.82, 2.24) is 14.2 Å². The van der Waals surface area contributed by atoms with Crippen molar-refractivity contribution in [3.63, 3.8) is 0 Å². The molecule has 0 bridgehead atoms. The first-order valence-electron chi connectivity index (χ1n) is 8.66. The molecule has 3 aromatic rings. The van der Waals surface area contributed by atoms with Gasteiger partial charge in [-0.25, -0.2) is 9.07 Å². The van der Waals surface area contributed by atoms with Gasteiger partial charge in [0.2, 0.25) is 0 Å². The number of nitrogen functional groups attached to an aromatic ring is 1. The van der Waals surface area contributed by atoms with Gasteiger partial charge in [0, 0.05) is 35.3 Å². The Hall–Kier alpha value is -2.95. The topological polar surface area (TPSA) is 86.2 Å². The van der Waals surface area contributed by atoms with Crippen LogP contribution in [0.1, 0.15) is 25.0 Å². The van der Waals surface area contributed by atoms with Gasteiger partial charge in [-0.3, -0.25) is 0 Å². The predicted molar refractivity (Wildman–Crippen MR) is 113 cm³/mol. The largest absolute Gasteiger partial charge is 0.485 e. The number of benzene rings is 1. The van der Waals surface area contributed by atoms with Crippen LogP contribution in [-0.2, 0) is 6.61 Å². The van der Waals surface area contributed by atoms with E-state index in [1.165, 1.54) is 11.9 Å². The Morgan fingerprint density at radius 1 is 1.25 bits per heavy atom. The zero-order valence-corrected chi connectivity index (χ0v) is 16.8. The van der Waals surface area contributed by atoms with Crippen molar-refractivity contribution in [3.8, 4) is 28.7 Å². The monoisotopic (exact) mass is 394 g/mol. The second kappa shape index (κ2) is 8.38. The lowest BCUT2D eigenvalue weighted by Crippen LogP contribution is -2.14. The zero-order chi connectivity index (χ0) is 20.1. The van der Waals surface area contributed by atoms with Crippen molar-refractivity contribution < 1.29 is 9.84 Å². The minimum Gasteiger partial charge on any atom is -0.485 e. The molecule has 2 aromatic heterocycles. The number of nitrogens with zero attached hydrogens (tertiary/aromatic N) is 3. The summed E-state index contributed by atoms with van der Waals surface area (Å²) in [5.74, 6) is 6.62. The molecule has 0 saturated carbocycles. The highest BCUT2D eigenvalue weighted by atomic mass is 32.2. The third-order valence-corrected chi connectivity index (χ3v) is 4.37. The maximum Gasteiger partial charge on any atom is 0.166 e. The van der Waals surface area contributed by atoms with Crippen LogP contribution >= 0.6 is 11.9 Å². The second-order valence-electron chi connectivity index (χ2n) is 6.72. The van der Waals surface area contributed by atoms with Crippen molar-refractivity contribution in [3.05, 3.63) is 60.0 Å². The number of aromatic nitrogens is 3. The number of pyridine rings is 1. The molecule has 2 heterocycles. The lowest BCUT2D eigenvalue weighted by atomic mass is 10.1. The van der Waals surface area contributed by atoms with Crippen molar-refractivity contribution in [2.75, 3.05) is 12.0 Å². The molecule has 0 saturated heterocycles. The summed E-state index contributed by atoms with van der Waals surface area (Å²) in [5, 5.41) is 14.0. The molecule has 7 heteroatoms. The Kier molecular flexibility index (Phi) is 5.93. The minimum absolute atomic E-state index is 0.331. The number of aliphatic hydroxyl groups is 1. The molecule has 0 unspecified atom stereocenters. The van der Waals surface area contributed by atoms with E-state index in [1.807, 2.05) is 42.8 Å². The number of anilines is 1. The molecule has 0 amide bonds. The van der Waals surface area contributed by atoms with Gasteiger partial charge < -0.3 is 15.6 Å². The third-order valence-electron chi connectivity index (χ3n) is 3.80. The molecule has 0 radical (unpaired) electrons. The molecule has 28 heavy (non-hydrogen) atoms. The van der Waals surface area contributed by atoms with E-state index in [1.54, 1.807) is 30.3 Å². The molecular formula is C21H22N4O2S. The van der Waals surface area contributed by atoms with E-state index in [0.29, 0.717) is 18.2 Å². The summed E-state index contributed by atoms with van der Waals surface area (Å²) >= 11 is 1.51. The van der Waals surface area contributed by atoms with Gasteiger partial charge in [-0.2, -0.15) is 5.10 Å². The average Bonchev–Trinajstić information content (AvgIpc) is 3.15. The Morgan fingerprint density at radius 2 is 2.07 bits per heavy atom. The number of rotatable bonds is 5. The smallest absolute Gasteiger partial charge is 0.166 e. The minimum atomic E-state index is -1.03. The van der Waals surface area contributed by atoms with Crippen LogP contribution in [0.5, 0.6) is 5.75 Å². The van der Waals surface area contributed by atoms with E-state index >= 15 is 0 Å². The summed E-state index contributed by atoms with van der Waals surface area (Å²) in [5.41, 5.74) is 8.53. The molecule has 0 aliphatic heterocycles. The maximum absolute atomic E-state index is 9.74. The molecule has 3 rings (SSSR count). The van der Waals surface area contributed by atoms with Crippen LogP contribution in [0.2, 0.25) is 0 Å². The van der Waals surface area contributed by atoms with E-state index in [4.69, 9.17) is 10.5 Å². The molecule has 0 fully saturated rings. The number of hydrogen-bond acceptors (Lipinski definition) is 6. The van der Waals surface area contributed by atoms with Crippen LogP contribution in [0.15, 0.2) is 48.9 Å². The van der Waals surface area contributed by atoms with Crippen LogP contribution in [0.3, 0.4) is 0 Å². The van der Waals surface area contributed by atoms with Crippen molar-refractivity contribution in [2.45, 2.75) is 26.1 Å². The molecule has 0 spiro atoms. The summed E-state index contributed by atoms with van der Waals surface area (Å²) < 4.78 is 7.67. The van der Waals surface area contributed by atoms with Gasteiger partial charge in [-0.15, -0.1) is 0 Å².